The first kappa shape index (κ1) is 16.7. The van der Waals surface area contributed by atoms with Gasteiger partial charge in [-0.25, -0.2) is 13.2 Å². The normalized spacial score (nSPS) is 11.0. The van der Waals surface area contributed by atoms with Crippen LogP contribution in [0.25, 0.3) is 10.8 Å². The summed E-state index contributed by atoms with van der Waals surface area (Å²) >= 11 is 0. The quantitative estimate of drug-likeness (QED) is 0.431. The van der Waals surface area contributed by atoms with Crippen molar-refractivity contribution < 1.29 is 17.9 Å². The van der Waals surface area contributed by atoms with E-state index >= 15 is 0 Å². The van der Waals surface area contributed by atoms with Crippen molar-refractivity contribution in [1.82, 2.24) is 0 Å². The van der Waals surface area contributed by atoms with E-state index in [2.05, 4.69) is 11.3 Å². The zero-order chi connectivity index (χ0) is 17.9. The second kappa shape index (κ2) is 6.78. The Balaban J connectivity index is 1.88. The number of carbonyl (C=O) groups excluding carboxylic acids is 1. The van der Waals surface area contributed by atoms with Gasteiger partial charge in [0.1, 0.15) is 5.75 Å². The van der Waals surface area contributed by atoms with Crippen LogP contribution in [-0.4, -0.2) is 14.4 Å². The van der Waals surface area contributed by atoms with Gasteiger partial charge in [0.15, 0.2) is 0 Å². The second-order valence-corrected chi connectivity index (χ2v) is 6.88. The minimum atomic E-state index is -3.75. The standard InChI is InChI=1S/C19H15NO4S/c1-2-19(21)24-16-12-10-15(11-13-16)20-25(22,23)18-9-5-7-14-6-3-4-8-17(14)18/h2-13,20H,1H2. The highest BCUT2D eigenvalue weighted by Gasteiger charge is 2.17. The van der Waals surface area contributed by atoms with E-state index in [1.807, 2.05) is 18.2 Å². The SMILES string of the molecule is C=CC(=O)Oc1ccc(NS(=O)(=O)c2cccc3ccccc23)cc1. The third kappa shape index (κ3) is 3.70. The number of nitrogens with one attached hydrogen (secondary N) is 1. The van der Waals surface area contributed by atoms with Crippen LogP contribution in [0.4, 0.5) is 5.69 Å². The van der Waals surface area contributed by atoms with E-state index in [1.165, 1.54) is 24.3 Å². The first-order valence-corrected chi connectivity index (χ1v) is 8.93. The highest BCUT2D eigenvalue weighted by atomic mass is 32.2. The van der Waals surface area contributed by atoms with Crippen LogP contribution in [0.2, 0.25) is 0 Å². The monoisotopic (exact) mass is 353 g/mol. The molecular weight excluding hydrogens is 338 g/mol. The number of ether oxygens (including phenoxy) is 1. The van der Waals surface area contributed by atoms with Crippen molar-refractivity contribution in [3.63, 3.8) is 0 Å². The maximum atomic E-state index is 12.7. The van der Waals surface area contributed by atoms with Crippen LogP contribution in [0.3, 0.4) is 0 Å². The summed E-state index contributed by atoms with van der Waals surface area (Å²) in [5, 5.41) is 1.49. The molecule has 0 heterocycles. The molecule has 0 saturated carbocycles. The number of fused-ring (bicyclic) bond motifs is 1. The van der Waals surface area contributed by atoms with Crippen LogP contribution in [0.15, 0.2) is 84.3 Å². The van der Waals surface area contributed by atoms with Crippen LogP contribution in [-0.2, 0) is 14.8 Å². The molecule has 0 unspecified atom stereocenters. The maximum Gasteiger partial charge on any atom is 0.335 e. The lowest BCUT2D eigenvalue weighted by Crippen LogP contribution is -2.13. The lowest BCUT2D eigenvalue weighted by atomic mass is 10.1. The fourth-order valence-electron chi connectivity index (χ4n) is 2.39. The Morgan fingerprint density at radius 3 is 2.36 bits per heavy atom. The number of sulfonamides is 1. The van der Waals surface area contributed by atoms with Gasteiger partial charge in [0.2, 0.25) is 0 Å². The number of benzene rings is 3. The summed E-state index contributed by atoms with van der Waals surface area (Å²) in [5.74, 6) is -0.276. The molecule has 6 heteroatoms. The Hall–Kier alpha value is -3.12. The van der Waals surface area contributed by atoms with Crippen LogP contribution in [0.5, 0.6) is 5.75 Å². The average molecular weight is 353 g/mol. The van der Waals surface area contributed by atoms with Crippen molar-refractivity contribution in [2.24, 2.45) is 0 Å². The first-order valence-electron chi connectivity index (χ1n) is 7.44. The number of hydrogen-bond donors (Lipinski definition) is 1. The van der Waals surface area contributed by atoms with E-state index in [0.29, 0.717) is 16.8 Å². The molecule has 0 atom stereocenters. The lowest BCUT2D eigenvalue weighted by molar-refractivity contribution is -0.128. The molecule has 0 fully saturated rings. The van der Waals surface area contributed by atoms with Crippen molar-refractivity contribution in [2.45, 2.75) is 4.90 Å². The number of rotatable bonds is 5. The summed E-state index contributed by atoms with van der Waals surface area (Å²) < 4.78 is 32.9. The Bertz CT molecular complexity index is 1040. The van der Waals surface area contributed by atoms with Crippen LogP contribution < -0.4 is 9.46 Å². The van der Waals surface area contributed by atoms with E-state index in [1.54, 1.807) is 24.3 Å². The predicted octanol–water partition coefficient (Wildman–Crippen LogP) is 3.73. The molecule has 0 aromatic heterocycles. The van der Waals surface area contributed by atoms with Gasteiger partial charge in [-0.05, 0) is 35.7 Å². The van der Waals surface area contributed by atoms with Gasteiger partial charge in [-0.15, -0.1) is 0 Å². The molecular formula is C19H15NO4S. The van der Waals surface area contributed by atoms with Crippen molar-refractivity contribution in [3.05, 3.63) is 79.4 Å². The third-order valence-corrected chi connectivity index (χ3v) is 4.97. The molecule has 0 spiro atoms. The van der Waals surface area contributed by atoms with E-state index in [4.69, 9.17) is 4.74 Å². The highest BCUT2D eigenvalue weighted by Crippen LogP contribution is 2.25. The number of carbonyl (C=O) groups is 1. The van der Waals surface area contributed by atoms with Crippen LogP contribution in [0.1, 0.15) is 0 Å². The Morgan fingerprint density at radius 1 is 0.960 bits per heavy atom. The average Bonchev–Trinajstić information content (AvgIpc) is 2.62. The molecule has 3 rings (SSSR count). The molecule has 0 radical (unpaired) electrons. The minimum Gasteiger partial charge on any atom is -0.423 e. The predicted molar refractivity (Wildman–Crippen MR) is 97.0 cm³/mol. The smallest absolute Gasteiger partial charge is 0.335 e. The molecule has 0 aliphatic carbocycles. The first-order chi connectivity index (χ1) is 12.0. The fourth-order valence-corrected chi connectivity index (χ4v) is 3.68. The summed E-state index contributed by atoms with van der Waals surface area (Å²) in [5.41, 5.74) is 0.367. The van der Waals surface area contributed by atoms with Gasteiger partial charge < -0.3 is 4.74 Å². The molecule has 0 aliphatic heterocycles. The molecule has 5 nitrogen and oxygen atoms in total. The zero-order valence-corrected chi connectivity index (χ0v) is 14.0. The van der Waals surface area contributed by atoms with Gasteiger partial charge in [-0.2, -0.15) is 0 Å². The Kier molecular flexibility index (Phi) is 4.54. The molecule has 3 aromatic rings. The van der Waals surface area contributed by atoms with Gasteiger partial charge in [0.05, 0.1) is 4.90 Å². The molecule has 1 N–H and O–H groups in total. The topological polar surface area (TPSA) is 72.5 Å². The van der Waals surface area contributed by atoms with Crippen LogP contribution >= 0.6 is 0 Å². The van der Waals surface area contributed by atoms with E-state index in [9.17, 15) is 13.2 Å². The van der Waals surface area contributed by atoms with Gasteiger partial charge in [-0.1, -0.05) is 43.0 Å². The number of anilines is 1. The highest BCUT2D eigenvalue weighted by molar-refractivity contribution is 7.93. The molecule has 0 aliphatic rings. The van der Waals surface area contributed by atoms with Gasteiger partial charge in [0.25, 0.3) is 10.0 Å². The molecule has 25 heavy (non-hydrogen) atoms. The van der Waals surface area contributed by atoms with Crippen molar-refractivity contribution in [1.29, 1.82) is 0 Å². The zero-order valence-electron chi connectivity index (χ0n) is 13.2. The Labute approximate surface area is 145 Å². The summed E-state index contributed by atoms with van der Waals surface area (Å²) in [6.07, 6.45) is 1.05. The number of esters is 1. The minimum absolute atomic E-state index is 0.202. The van der Waals surface area contributed by atoms with Crippen molar-refractivity contribution in [2.75, 3.05) is 4.72 Å². The molecule has 0 bridgehead atoms. The summed E-state index contributed by atoms with van der Waals surface area (Å²) in [6.45, 7) is 3.32. The van der Waals surface area contributed by atoms with Gasteiger partial charge in [-0.3, -0.25) is 4.72 Å². The molecule has 0 saturated heterocycles. The van der Waals surface area contributed by atoms with E-state index in [0.717, 1.165) is 11.5 Å². The molecule has 0 amide bonds. The molecule has 3 aromatic carbocycles. The van der Waals surface area contributed by atoms with Crippen LogP contribution in [0, 0.1) is 0 Å². The summed E-state index contributed by atoms with van der Waals surface area (Å²) in [4.78, 5) is 11.4. The largest absolute Gasteiger partial charge is 0.423 e. The van der Waals surface area contributed by atoms with Gasteiger partial charge >= 0.3 is 5.97 Å². The Morgan fingerprint density at radius 2 is 1.64 bits per heavy atom. The van der Waals surface area contributed by atoms with Crippen molar-refractivity contribution in [3.8, 4) is 5.75 Å². The second-order valence-electron chi connectivity index (χ2n) is 5.23. The number of hydrogen-bond acceptors (Lipinski definition) is 4. The van der Waals surface area contributed by atoms with Crippen molar-refractivity contribution >= 4 is 32.5 Å². The maximum absolute atomic E-state index is 12.7. The lowest BCUT2D eigenvalue weighted by Gasteiger charge is -2.11. The summed E-state index contributed by atoms with van der Waals surface area (Å²) in [6, 6.07) is 18.4. The van der Waals surface area contributed by atoms with Gasteiger partial charge in [0, 0.05) is 17.1 Å². The van der Waals surface area contributed by atoms with E-state index in [-0.39, 0.29) is 4.90 Å². The van der Waals surface area contributed by atoms with E-state index < -0.39 is 16.0 Å². The summed E-state index contributed by atoms with van der Waals surface area (Å²) in [7, 11) is -3.75. The fraction of sp³-hybridized carbons (Fsp3) is 0. The third-order valence-electron chi connectivity index (χ3n) is 3.53. The molecule has 126 valence electrons.